The van der Waals surface area contributed by atoms with E-state index in [1.165, 1.54) is 31.4 Å². The van der Waals surface area contributed by atoms with Crippen molar-refractivity contribution in [3.63, 3.8) is 0 Å². The number of rotatable bonds is 8. The van der Waals surface area contributed by atoms with Crippen molar-refractivity contribution >= 4 is 19.7 Å². The van der Waals surface area contributed by atoms with Crippen LogP contribution in [0.1, 0.15) is 39.5 Å². The van der Waals surface area contributed by atoms with Gasteiger partial charge in [0.25, 0.3) is 9.05 Å². The van der Waals surface area contributed by atoms with Crippen molar-refractivity contribution in [3.8, 4) is 5.75 Å². The molecule has 0 fully saturated rings. The van der Waals surface area contributed by atoms with Crippen LogP contribution in [-0.4, -0.2) is 15.0 Å². The maximum Gasteiger partial charge on any atom is 0.261 e. The summed E-state index contributed by atoms with van der Waals surface area (Å²) in [5, 5.41) is 0. The smallest absolute Gasteiger partial charge is 0.261 e. The molecule has 0 saturated carbocycles. The molecule has 0 aliphatic heterocycles. The lowest BCUT2D eigenvalue weighted by atomic mass is 10.0. The van der Waals surface area contributed by atoms with Gasteiger partial charge in [-0.05, 0) is 36.6 Å². The summed E-state index contributed by atoms with van der Waals surface area (Å²) < 4.78 is 27.9. The molecule has 3 nitrogen and oxygen atoms in total. The van der Waals surface area contributed by atoms with Crippen LogP contribution in [-0.2, 0) is 9.05 Å². The van der Waals surface area contributed by atoms with E-state index in [-0.39, 0.29) is 4.90 Å². The number of unbranched alkanes of at least 4 members (excludes halogenated alkanes) is 1. The third kappa shape index (κ3) is 5.83. The Morgan fingerprint density at radius 3 is 2.32 bits per heavy atom. The van der Waals surface area contributed by atoms with Gasteiger partial charge in [0, 0.05) is 10.7 Å². The standard InChI is InChI=1S/C14H21ClO3S/c1-3-5-6-12(4-2)11-18-13-7-9-14(10-8-13)19(15,16)17/h7-10,12H,3-6,11H2,1-2H3. The van der Waals surface area contributed by atoms with E-state index in [1.807, 2.05) is 0 Å². The van der Waals surface area contributed by atoms with Gasteiger partial charge >= 0.3 is 0 Å². The maximum atomic E-state index is 11.1. The normalized spacial score (nSPS) is 13.2. The Bertz CT molecular complexity index is 468. The summed E-state index contributed by atoms with van der Waals surface area (Å²) in [6, 6.07) is 6.21. The lowest BCUT2D eigenvalue weighted by Gasteiger charge is -2.15. The van der Waals surface area contributed by atoms with E-state index in [4.69, 9.17) is 15.4 Å². The predicted molar refractivity (Wildman–Crippen MR) is 78.3 cm³/mol. The molecule has 0 aliphatic rings. The zero-order valence-corrected chi connectivity index (χ0v) is 13.0. The molecular formula is C14H21ClO3S. The molecule has 1 rings (SSSR count). The molecule has 108 valence electrons. The summed E-state index contributed by atoms with van der Waals surface area (Å²) >= 11 is 0. The minimum Gasteiger partial charge on any atom is -0.493 e. The second kappa shape index (κ2) is 7.75. The Balaban J connectivity index is 2.53. The van der Waals surface area contributed by atoms with Gasteiger partial charge in [-0.2, -0.15) is 0 Å². The van der Waals surface area contributed by atoms with Crippen LogP contribution in [0.25, 0.3) is 0 Å². The van der Waals surface area contributed by atoms with Gasteiger partial charge in [0.05, 0.1) is 11.5 Å². The van der Waals surface area contributed by atoms with Crippen LogP contribution < -0.4 is 4.74 Å². The Morgan fingerprint density at radius 2 is 1.84 bits per heavy atom. The van der Waals surface area contributed by atoms with Gasteiger partial charge in [0.1, 0.15) is 5.75 Å². The molecule has 0 aliphatic carbocycles. The van der Waals surface area contributed by atoms with E-state index in [0.717, 1.165) is 6.42 Å². The molecule has 1 aromatic rings. The molecule has 0 heterocycles. The van der Waals surface area contributed by atoms with Crippen LogP contribution in [0, 0.1) is 5.92 Å². The molecule has 5 heteroatoms. The third-order valence-corrected chi connectivity index (χ3v) is 4.50. The van der Waals surface area contributed by atoms with Crippen LogP contribution in [0.15, 0.2) is 29.2 Å². The van der Waals surface area contributed by atoms with E-state index in [0.29, 0.717) is 18.3 Å². The molecule has 0 spiro atoms. The van der Waals surface area contributed by atoms with Crippen molar-refractivity contribution in [1.29, 1.82) is 0 Å². The first-order valence-corrected chi connectivity index (χ1v) is 8.95. The van der Waals surface area contributed by atoms with Crippen molar-refractivity contribution in [2.75, 3.05) is 6.61 Å². The molecule has 0 amide bonds. The van der Waals surface area contributed by atoms with Gasteiger partial charge in [-0.15, -0.1) is 0 Å². The van der Waals surface area contributed by atoms with Crippen LogP contribution >= 0.6 is 10.7 Å². The number of benzene rings is 1. The monoisotopic (exact) mass is 304 g/mol. The molecule has 0 saturated heterocycles. The van der Waals surface area contributed by atoms with E-state index in [2.05, 4.69) is 13.8 Å². The summed E-state index contributed by atoms with van der Waals surface area (Å²) in [5.41, 5.74) is 0. The molecule has 0 aromatic heterocycles. The first-order chi connectivity index (χ1) is 8.97. The second-order valence-corrected chi connectivity index (χ2v) is 7.20. The molecule has 1 unspecified atom stereocenters. The Morgan fingerprint density at radius 1 is 1.21 bits per heavy atom. The minimum atomic E-state index is -3.65. The summed E-state index contributed by atoms with van der Waals surface area (Å²) in [6.45, 7) is 5.01. The average Bonchev–Trinajstić information content (AvgIpc) is 2.38. The van der Waals surface area contributed by atoms with Gasteiger partial charge in [0.2, 0.25) is 0 Å². The number of ether oxygens (including phenoxy) is 1. The fraction of sp³-hybridized carbons (Fsp3) is 0.571. The molecular weight excluding hydrogens is 284 g/mol. The van der Waals surface area contributed by atoms with Gasteiger partial charge in [-0.25, -0.2) is 8.42 Å². The van der Waals surface area contributed by atoms with Crippen LogP contribution in [0.4, 0.5) is 0 Å². The molecule has 1 atom stereocenters. The first kappa shape index (κ1) is 16.3. The molecule has 1 aromatic carbocycles. The zero-order chi connectivity index (χ0) is 14.3. The lowest BCUT2D eigenvalue weighted by Crippen LogP contribution is -2.11. The van der Waals surface area contributed by atoms with Crippen LogP contribution in [0.5, 0.6) is 5.75 Å². The summed E-state index contributed by atoms with van der Waals surface area (Å²) in [6.07, 6.45) is 4.67. The van der Waals surface area contributed by atoms with E-state index < -0.39 is 9.05 Å². The highest BCUT2D eigenvalue weighted by Gasteiger charge is 2.10. The average molecular weight is 305 g/mol. The lowest BCUT2D eigenvalue weighted by molar-refractivity contribution is 0.233. The van der Waals surface area contributed by atoms with Crippen molar-refractivity contribution < 1.29 is 13.2 Å². The largest absolute Gasteiger partial charge is 0.493 e. The predicted octanol–water partition coefficient (Wildman–Crippen LogP) is 4.21. The van der Waals surface area contributed by atoms with Crippen molar-refractivity contribution in [3.05, 3.63) is 24.3 Å². The minimum absolute atomic E-state index is 0.0968. The fourth-order valence-corrected chi connectivity index (χ4v) is 2.58. The van der Waals surface area contributed by atoms with E-state index in [1.54, 1.807) is 12.1 Å². The van der Waals surface area contributed by atoms with E-state index in [9.17, 15) is 8.42 Å². The fourth-order valence-electron chi connectivity index (χ4n) is 1.81. The van der Waals surface area contributed by atoms with Crippen molar-refractivity contribution in [2.45, 2.75) is 44.4 Å². The van der Waals surface area contributed by atoms with Gasteiger partial charge in [-0.3, -0.25) is 0 Å². The SMILES string of the molecule is CCCCC(CC)COc1ccc(S(=O)(=O)Cl)cc1. The highest BCUT2D eigenvalue weighted by Crippen LogP contribution is 2.20. The number of hydrogen-bond acceptors (Lipinski definition) is 3. The zero-order valence-electron chi connectivity index (χ0n) is 11.4. The van der Waals surface area contributed by atoms with Gasteiger partial charge < -0.3 is 4.74 Å². The Hall–Kier alpha value is -0.740. The van der Waals surface area contributed by atoms with E-state index >= 15 is 0 Å². The quantitative estimate of drug-likeness (QED) is 0.676. The molecule has 0 bridgehead atoms. The Labute approximate surface area is 120 Å². The van der Waals surface area contributed by atoms with Gasteiger partial charge in [-0.1, -0.05) is 33.1 Å². The topological polar surface area (TPSA) is 43.4 Å². The van der Waals surface area contributed by atoms with Gasteiger partial charge in [0.15, 0.2) is 0 Å². The number of halogens is 1. The first-order valence-electron chi connectivity index (χ1n) is 6.64. The summed E-state index contributed by atoms with van der Waals surface area (Å²) in [7, 11) is 1.60. The summed E-state index contributed by atoms with van der Waals surface area (Å²) in [5.74, 6) is 1.23. The maximum absolute atomic E-state index is 11.1. The highest BCUT2D eigenvalue weighted by molar-refractivity contribution is 8.13. The second-order valence-electron chi connectivity index (χ2n) is 4.64. The molecule has 19 heavy (non-hydrogen) atoms. The number of hydrogen-bond donors (Lipinski definition) is 0. The molecule has 0 radical (unpaired) electrons. The highest BCUT2D eigenvalue weighted by atomic mass is 35.7. The third-order valence-electron chi connectivity index (χ3n) is 3.13. The van der Waals surface area contributed by atoms with Crippen molar-refractivity contribution in [1.82, 2.24) is 0 Å². The van der Waals surface area contributed by atoms with Crippen LogP contribution in [0.2, 0.25) is 0 Å². The molecule has 0 N–H and O–H groups in total. The van der Waals surface area contributed by atoms with Crippen LogP contribution in [0.3, 0.4) is 0 Å². The Kier molecular flexibility index (Phi) is 6.66. The summed E-state index contributed by atoms with van der Waals surface area (Å²) in [4.78, 5) is 0.0968. The van der Waals surface area contributed by atoms with Crippen molar-refractivity contribution in [2.24, 2.45) is 5.92 Å².